The summed E-state index contributed by atoms with van der Waals surface area (Å²) in [5.74, 6) is -0.126. The van der Waals surface area contributed by atoms with Gasteiger partial charge in [0, 0.05) is 4.47 Å². The highest BCUT2D eigenvalue weighted by atomic mass is 79.9. The molecule has 1 aromatic rings. The second-order valence-electron chi connectivity index (χ2n) is 4.76. The van der Waals surface area contributed by atoms with Crippen molar-refractivity contribution in [3.8, 4) is 0 Å². The van der Waals surface area contributed by atoms with E-state index in [0.717, 1.165) is 10.0 Å². The van der Waals surface area contributed by atoms with Crippen LogP contribution in [-0.4, -0.2) is 11.1 Å². The van der Waals surface area contributed by atoms with E-state index in [1.54, 1.807) is 0 Å². The van der Waals surface area contributed by atoms with Crippen LogP contribution in [0.1, 0.15) is 49.1 Å². The minimum Gasteiger partial charge on any atom is -0.481 e. The molecule has 0 unspecified atom stereocenters. The zero-order valence-corrected chi connectivity index (χ0v) is 11.4. The number of carbonyl (C=O) groups is 1. The van der Waals surface area contributed by atoms with E-state index < -0.39 is 5.97 Å². The van der Waals surface area contributed by atoms with Crippen LogP contribution in [0.3, 0.4) is 0 Å². The first-order valence-corrected chi connectivity index (χ1v) is 6.96. The van der Waals surface area contributed by atoms with E-state index in [1.165, 1.54) is 37.7 Å². The fourth-order valence-corrected chi connectivity index (χ4v) is 3.35. The third kappa shape index (κ3) is 3.32. The maximum atomic E-state index is 10.7. The highest BCUT2D eigenvalue weighted by Gasteiger charge is 2.18. The Kier molecular flexibility index (Phi) is 4.21. The van der Waals surface area contributed by atoms with Gasteiger partial charge in [-0.15, -0.1) is 0 Å². The summed E-state index contributed by atoms with van der Waals surface area (Å²) in [6.45, 7) is 0. The third-order valence-electron chi connectivity index (χ3n) is 3.47. The maximum absolute atomic E-state index is 10.7. The van der Waals surface area contributed by atoms with Crippen LogP contribution in [0.2, 0.25) is 0 Å². The Hall–Kier alpha value is -0.830. The second-order valence-corrected chi connectivity index (χ2v) is 5.62. The van der Waals surface area contributed by atoms with Crippen LogP contribution in [0, 0.1) is 0 Å². The summed E-state index contributed by atoms with van der Waals surface area (Å²) in [7, 11) is 0. The summed E-state index contributed by atoms with van der Waals surface area (Å²) >= 11 is 3.58. The molecule has 0 saturated heterocycles. The molecule has 1 N–H and O–H groups in total. The SMILES string of the molecule is O=C(O)Cc1ccc(C2CCCCC2)c(Br)c1. The van der Waals surface area contributed by atoms with E-state index in [-0.39, 0.29) is 6.42 Å². The van der Waals surface area contributed by atoms with Crippen molar-refractivity contribution < 1.29 is 9.90 Å². The number of carboxylic acid groups (broad SMARTS) is 1. The van der Waals surface area contributed by atoms with Crippen LogP contribution in [0.4, 0.5) is 0 Å². The lowest BCUT2D eigenvalue weighted by molar-refractivity contribution is -0.136. The highest BCUT2D eigenvalue weighted by Crippen LogP contribution is 2.36. The summed E-state index contributed by atoms with van der Waals surface area (Å²) in [4.78, 5) is 10.7. The van der Waals surface area contributed by atoms with E-state index in [4.69, 9.17) is 5.11 Å². The van der Waals surface area contributed by atoms with Gasteiger partial charge in [0.05, 0.1) is 6.42 Å². The Morgan fingerprint density at radius 3 is 2.59 bits per heavy atom. The number of hydrogen-bond donors (Lipinski definition) is 1. The van der Waals surface area contributed by atoms with Gasteiger partial charge in [0.15, 0.2) is 0 Å². The molecule has 1 fully saturated rings. The summed E-state index contributed by atoms with van der Waals surface area (Å²) < 4.78 is 1.07. The first-order chi connectivity index (χ1) is 8.16. The molecule has 17 heavy (non-hydrogen) atoms. The van der Waals surface area contributed by atoms with Crippen molar-refractivity contribution in [1.82, 2.24) is 0 Å². The average Bonchev–Trinajstić information content (AvgIpc) is 2.29. The maximum Gasteiger partial charge on any atom is 0.307 e. The lowest BCUT2D eigenvalue weighted by Crippen LogP contribution is -2.06. The number of aliphatic carboxylic acids is 1. The van der Waals surface area contributed by atoms with Gasteiger partial charge in [-0.05, 0) is 36.0 Å². The first-order valence-electron chi connectivity index (χ1n) is 6.17. The van der Waals surface area contributed by atoms with Crippen molar-refractivity contribution in [2.24, 2.45) is 0 Å². The van der Waals surface area contributed by atoms with E-state index in [9.17, 15) is 4.79 Å². The Bertz CT molecular complexity index is 409. The van der Waals surface area contributed by atoms with Crippen molar-refractivity contribution in [1.29, 1.82) is 0 Å². The van der Waals surface area contributed by atoms with Gasteiger partial charge in [-0.2, -0.15) is 0 Å². The Morgan fingerprint density at radius 1 is 1.29 bits per heavy atom. The van der Waals surface area contributed by atoms with Gasteiger partial charge < -0.3 is 5.11 Å². The number of carboxylic acids is 1. The molecule has 0 atom stereocenters. The van der Waals surface area contributed by atoms with Crippen LogP contribution in [0.15, 0.2) is 22.7 Å². The highest BCUT2D eigenvalue weighted by molar-refractivity contribution is 9.10. The predicted molar refractivity (Wildman–Crippen MR) is 71.3 cm³/mol. The molecule has 0 heterocycles. The summed E-state index contributed by atoms with van der Waals surface area (Å²) in [6.07, 6.45) is 6.60. The smallest absolute Gasteiger partial charge is 0.307 e. The van der Waals surface area contributed by atoms with Crippen molar-refractivity contribution in [3.63, 3.8) is 0 Å². The van der Waals surface area contributed by atoms with E-state index >= 15 is 0 Å². The molecule has 1 aromatic carbocycles. The van der Waals surface area contributed by atoms with E-state index in [0.29, 0.717) is 5.92 Å². The quantitative estimate of drug-likeness (QED) is 0.911. The zero-order chi connectivity index (χ0) is 12.3. The number of halogens is 1. The predicted octanol–water partition coefficient (Wildman–Crippen LogP) is 4.12. The average molecular weight is 297 g/mol. The molecule has 0 amide bonds. The normalized spacial score (nSPS) is 17.0. The van der Waals surface area contributed by atoms with Crippen LogP contribution < -0.4 is 0 Å². The first kappa shape index (κ1) is 12.6. The Balaban J connectivity index is 2.15. The van der Waals surface area contributed by atoms with E-state index in [1.807, 2.05) is 12.1 Å². The lowest BCUT2D eigenvalue weighted by atomic mass is 9.84. The van der Waals surface area contributed by atoms with Crippen LogP contribution in [0.25, 0.3) is 0 Å². The monoisotopic (exact) mass is 296 g/mol. The molecule has 0 bridgehead atoms. The standard InChI is InChI=1S/C14H17BrO2/c15-13-8-10(9-14(16)17)6-7-12(13)11-4-2-1-3-5-11/h6-8,11H,1-5,9H2,(H,16,17). The summed E-state index contributed by atoms with van der Waals surface area (Å²) in [5, 5.41) is 8.76. The van der Waals surface area contributed by atoms with Crippen LogP contribution in [-0.2, 0) is 11.2 Å². The Morgan fingerprint density at radius 2 is 2.00 bits per heavy atom. The van der Waals surface area contributed by atoms with Gasteiger partial charge in [-0.1, -0.05) is 47.3 Å². The minimum atomic E-state index is -0.776. The molecule has 0 aliphatic heterocycles. The second kappa shape index (κ2) is 5.67. The van der Waals surface area contributed by atoms with Crippen molar-refractivity contribution in [3.05, 3.63) is 33.8 Å². The molecule has 1 aliphatic rings. The van der Waals surface area contributed by atoms with Gasteiger partial charge in [0.2, 0.25) is 0 Å². The minimum absolute atomic E-state index is 0.101. The molecule has 1 saturated carbocycles. The van der Waals surface area contributed by atoms with Gasteiger partial charge in [0.25, 0.3) is 0 Å². The molecular formula is C14H17BrO2. The number of rotatable bonds is 3. The van der Waals surface area contributed by atoms with Gasteiger partial charge in [-0.3, -0.25) is 4.79 Å². The molecular weight excluding hydrogens is 280 g/mol. The topological polar surface area (TPSA) is 37.3 Å². The van der Waals surface area contributed by atoms with Crippen molar-refractivity contribution >= 4 is 21.9 Å². The van der Waals surface area contributed by atoms with Crippen molar-refractivity contribution in [2.75, 3.05) is 0 Å². The van der Waals surface area contributed by atoms with Gasteiger partial charge in [0.1, 0.15) is 0 Å². The largest absolute Gasteiger partial charge is 0.481 e. The molecule has 3 heteroatoms. The van der Waals surface area contributed by atoms with Gasteiger partial charge in [-0.25, -0.2) is 0 Å². The molecule has 0 aromatic heterocycles. The lowest BCUT2D eigenvalue weighted by Gasteiger charge is -2.23. The molecule has 0 spiro atoms. The van der Waals surface area contributed by atoms with Crippen LogP contribution in [0.5, 0.6) is 0 Å². The van der Waals surface area contributed by atoms with Crippen LogP contribution >= 0.6 is 15.9 Å². The fourth-order valence-electron chi connectivity index (χ4n) is 2.60. The summed E-state index contributed by atoms with van der Waals surface area (Å²) in [5.41, 5.74) is 2.21. The molecule has 1 aliphatic carbocycles. The summed E-state index contributed by atoms with van der Waals surface area (Å²) in [6, 6.07) is 6.00. The van der Waals surface area contributed by atoms with E-state index in [2.05, 4.69) is 22.0 Å². The number of hydrogen-bond acceptors (Lipinski definition) is 1. The number of benzene rings is 1. The Labute approximate surface area is 110 Å². The van der Waals surface area contributed by atoms with Crippen molar-refractivity contribution in [2.45, 2.75) is 44.4 Å². The fraction of sp³-hybridized carbons (Fsp3) is 0.500. The molecule has 2 nitrogen and oxygen atoms in total. The molecule has 92 valence electrons. The molecule has 2 rings (SSSR count). The molecule has 0 radical (unpaired) electrons. The van der Waals surface area contributed by atoms with Gasteiger partial charge >= 0.3 is 5.97 Å². The zero-order valence-electron chi connectivity index (χ0n) is 9.79. The third-order valence-corrected chi connectivity index (χ3v) is 4.15.